The van der Waals surface area contributed by atoms with E-state index in [2.05, 4.69) is 6.08 Å². The van der Waals surface area contributed by atoms with Gasteiger partial charge in [-0.25, -0.2) is 13.2 Å². The fourth-order valence-electron chi connectivity index (χ4n) is 6.17. The SMILES string of the molecule is C/C=C/C1CCC(c2ccc(OC(=O)C3CCC(C4CC=C(OCC)C(F)=C4F)CC3)c(F)c2F)CC1. The molecule has 2 fully saturated rings. The molecular weight excluding hydrogens is 484 g/mol. The monoisotopic (exact) mass is 520 g/mol. The maximum Gasteiger partial charge on any atom is 0.314 e. The number of ether oxygens (including phenoxy) is 2. The topological polar surface area (TPSA) is 35.5 Å². The van der Waals surface area contributed by atoms with E-state index in [1.165, 1.54) is 12.1 Å². The number of esters is 1. The van der Waals surface area contributed by atoms with Crippen LogP contribution in [0.5, 0.6) is 5.75 Å². The third-order valence-electron chi connectivity index (χ3n) is 8.25. The second kappa shape index (κ2) is 12.3. The highest BCUT2D eigenvalue weighted by Crippen LogP contribution is 2.44. The van der Waals surface area contributed by atoms with Gasteiger partial charge >= 0.3 is 5.97 Å². The number of allylic oxidation sites excluding steroid dienone is 5. The Labute approximate surface area is 216 Å². The Morgan fingerprint density at radius 1 is 0.973 bits per heavy atom. The molecule has 1 aromatic carbocycles. The molecule has 0 aromatic heterocycles. The fraction of sp³-hybridized carbons (Fsp3) is 0.567. The summed E-state index contributed by atoms with van der Waals surface area (Å²) in [7, 11) is 0. The fourth-order valence-corrected chi connectivity index (χ4v) is 6.17. The zero-order chi connectivity index (χ0) is 26.5. The molecule has 0 amide bonds. The number of carbonyl (C=O) groups is 1. The first-order chi connectivity index (χ1) is 17.8. The van der Waals surface area contributed by atoms with E-state index in [0.717, 1.165) is 25.7 Å². The highest BCUT2D eigenvalue weighted by atomic mass is 19.2. The van der Waals surface area contributed by atoms with Crippen molar-refractivity contribution in [3.63, 3.8) is 0 Å². The summed E-state index contributed by atoms with van der Waals surface area (Å²) in [6.45, 7) is 3.96. The lowest BCUT2D eigenvalue weighted by molar-refractivity contribution is -0.140. The van der Waals surface area contributed by atoms with Crippen LogP contribution in [0.4, 0.5) is 17.6 Å². The summed E-state index contributed by atoms with van der Waals surface area (Å²) in [5.74, 6) is -5.58. The Morgan fingerprint density at radius 2 is 1.68 bits per heavy atom. The van der Waals surface area contributed by atoms with Gasteiger partial charge in [-0.3, -0.25) is 4.79 Å². The van der Waals surface area contributed by atoms with Gasteiger partial charge in [0.1, 0.15) is 5.83 Å². The minimum absolute atomic E-state index is 0.0462. The van der Waals surface area contributed by atoms with E-state index in [9.17, 15) is 22.4 Å². The number of benzene rings is 1. The average molecular weight is 521 g/mol. The second-order valence-electron chi connectivity index (χ2n) is 10.5. The van der Waals surface area contributed by atoms with Crippen molar-refractivity contribution in [1.82, 2.24) is 0 Å². The Morgan fingerprint density at radius 3 is 2.32 bits per heavy atom. The highest BCUT2D eigenvalue weighted by molar-refractivity contribution is 5.75. The largest absolute Gasteiger partial charge is 0.491 e. The molecule has 3 aliphatic carbocycles. The zero-order valence-electron chi connectivity index (χ0n) is 21.6. The van der Waals surface area contributed by atoms with Crippen molar-refractivity contribution in [2.24, 2.45) is 23.7 Å². The summed E-state index contributed by atoms with van der Waals surface area (Å²) in [6, 6.07) is 2.89. The lowest BCUT2D eigenvalue weighted by Gasteiger charge is -2.33. The van der Waals surface area contributed by atoms with Crippen molar-refractivity contribution in [2.75, 3.05) is 6.61 Å². The van der Waals surface area contributed by atoms with Crippen LogP contribution in [0.3, 0.4) is 0 Å². The molecule has 0 saturated heterocycles. The maximum atomic E-state index is 14.9. The van der Waals surface area contributed by atoms with Gasteiger partial charge in [0, 0.05) is 5.92 Å². The molecule has 0 bridgehead atoms. The minimum atomic E-state index is -1.13. The number of hydrogen-bond donors (Lipinski definition) is 0. The van der Waals surface area contributed by atoms with Gasteiger partial charge in [-0.05, 0) is 107 Å². The van der Waals surface area contributed by atoms with E-state index in [-0.39, 0.29) is 24.2 Å². The first kappa shape index (κ1) is 27.5. The summed E-state index contributed by atoms with van der Waals surface area (Å²) in [6.07, 6.45) is 11.5. The van der Waals surface area contributed by atoms with Gasteiger partial charge in [0.05, 0.1) is 12.5 Å². The Hall–Kier alpha value is -2.57. The molecule has 37 heavy (non-hydrogen) atoms. The predicted octanol–water partition coefficient (Wildman–Crippen LogP) is 8.62. The average Bonchev–Trinajstić information content (AvgIpc) is 2.91. The standard InChI is InChI=1S/C30H36F4O3/c1-3-5-18-6-8-19(9-7-18)23-15-17-25(29(34)27(23)32)37-30(35)21-12-10-20(11-13-21)22-14-16-24(36-4-2)28(33)26(22)31/h3,5,15-22H,4,6-14H2,1-2H3/b5-3+. The zero-order valence-corrected chi connectivity index (χ0v) is 21.6. The second-order valence-corrected chi connectivity index (χ2v) is 10.5. The van der Waals surface area contributed by atoms with Gasteiger partial charge in [0.2, 0.25) is 5.82 Å². The van der Waals surface area contributed by atoms with Gasteiger partial charge in [0.15, 0.2) is 23.2 Å². The van der Waals surface area contributed by atoms with Gasteiger partial charge < -0.3 is 9.47 Å². The van der Waals surface area contributed by atoms with E-state index in [4.69, 9.17) is 9.47 Å². The molecule has 0 spiro atoms. The molecule has 1 unspecified atom stereocenters. The van der Waals surface area contributed by atoms with E-state index in [0.29, 0.717) is 43.6 Å². The lowest BCUT2D eigenvalue weighted by atomic mass is 9.73. The van der Waals surface area contributed by atoms with Crippen molar-refractivity contribution in [1.29, 1.82) is 0 Å². The van der Waals surface area contributed by atoms with E-state index >= 15 is 0 Å². The van der Waals surface area contributed by atoms with Crippen LogP contribution in [0.15, 0.2) is 47.8 Å². The molecule has 3 aliphatic rings. The molecule has 0 N–H and O–H groups in total. The third-order valence-corrected chi connectivity index (χ3v) is 8.25. The van der Waals surface area contributed by atoms with Gasteiger partial charge in [0.25, 0.3) is 0 Å². The number of halogens is 4. The molecule has 4 rings (SSSR count). The van der Waals surface area contributed by atoms with Gasteiger partial charge in [-0.1, -0.05) is 18.2 Å². The summed E-state index contributed by atoms with van der Waals surface area (Å²) in [4.78, 5) is 12.7. The first-order valence-corrected chi connectivity index (χ1v) is 13.5. The molecule has 1 atom stereocenters. The van der Waals surface area contributed by atoms with Crippen LogP contribution < -0.4 is 4.74 Å². The number of hydrogen-bond acceptors (Lipinski definition) is 3. The number of rotatable bonds is 7. The van der Waals surface area contributed by atoms with Crippen LogP contribution in [-0.4, -0.2) is 12.6 Å². The van der Waals surface area contributed by atoms with E-state index < -0.39 is 46.8 Å². The predicted molar refractivity (Wildman–Crippen MR) is 134 cm³/mol. The smallest absolute Gasteiger partial charge is 0.314 e. The molecule has 0 aliphatic heterocycles. The lowest BCUT2D eigenvalue weighted by Crippen LogP contribution is -2.29. The van der Waals surface area contributed by atoms with Crippen molar-refractivity contribution in [3.8, 4) is 5.75 Å². The molecule has 2 saturated carbocycles. The van der Waals surface area contributed by atoms with Gasteiger partial charge in [-0.2, -0.15) is 4.39 Å². The highest BCUT2D eigenvalue weighted by Gasteiger charge is 2.37. The van der Waals surface area contributed by atoms with Crippen molar-refractivity contribution in [3.05, 3.63) is 65.0 Å². The first-order valence-electron chi connectivity index (χ1n) is 13.5. The van der Waals surface area contributed by atoms with Gasteiger partial charge in [-0.15, -0.1) is 0 Å². The van der Waals surface area contributed by atoms with E-state index in [1.54, 1.807) is 13.0 Å². The van der Waals surface area contributed by atoms with Crippen LogP contribution in [0, 0.1) is 35.3 Å². The molecule has 7 heteroatoms. The van der Waals surface area contributed by atoms with Crippen LogP contribution >= 0.6 is 0 Å². The molecule has 0 radical (unpaired) electrons. The van der Waals surface area contributed by atoms with E-state index in [1.807, 2.05) is 13.0 Å². The normalized spacial score (nSPS) is 28.8. The summed E-state index contributed by atoms with van der Waals surface area (Å²) < 4.78 is 69.2. The number of carbonyl (C=O) groups excluding carboxylic acids is 1. The van der Waals surface area contributed by atoms with Crippen LogP contribution in [0.25, 0.3) is 0 Å². The van der Waals surface area contributed by atoms with Crippen LogP contribution in [0.1, 0.15) is 83.1 Å². The minimum Gasteiger partial charge on any atom is -0.491 e. The molecule has 0 heterocycles. The van der Waals surface area contributed by atoms with Crippen molar-refractivity contribution in [2.45, 2.75) is 77.6 Å². The summed E-state index contributed by atoms with van der Waals surface area (Å²) in [5.41, 5.74) is 0.341. The maximum absolute atomic E-state index is 14.9. The molecule has 202 valence electrons. The Bertz CT molecular complexity index is 1060. The molecular formula is C30H36F4O3. The molecule has 1 aromatic rings. The Kier molecular flexibility index (Phi) is 9.14. The Balaban J connectivity index is 1.32. The molecule has 3 nitrogen and oxygen atoms in total. The summed E-state index contributed by atoms with van der Waals surface area (Å²) in [5, 5.41) is 0. The van der Waals surface area contributed by atoms with Crippen LogP contribution in [-0.2, 0) is 9.53 Å². The van der Waals surface area contributed by atoms with Crippen molar-refractivity contribution >= 4 is 5.97 Å². The summed E-state index contributed by atoms with van der Waals surface area (Å²) >= 11 is 0. The van der Waals surface area contributed by atoms with Crippen LogP contribution in [0.2, 0.25) is 0 Å². The quantitative estimate of drug-likeness (QED) is 0.156. The van der Waals surface area contributed by atoms with Crippen molar-refractivity contribution < 1.29 is 31.8 Å². The third kappa shape index (κ3) is 6.12.